The van der Waals surface area contributed by atoms with Crippen molar-refractivity contribution in [3.05, 3.63) is 0 Å². The van der Waals surface area contributed by atoms with E-state index in [4.69, 9.17) is 5.26 Å². The van der Waals surface area contributed by atoms with Crippen LogP contribution in [0, 0.1) is 11.3 Å². The first-order chi connectivity index (χ1) is 5.64. The lowest BCUT2D eigenvalue weighted by atomic mass is 10.6. The van der Waals surface area contributed by atoms with Crippen molar-refractivity contribution in [1.82, 2.24) is 5.01 Å². The fourth-order valence-corrected chi connectivity index (χ4v) is 2.11. The second-order valence-corrected chi connectivity index (χ2v) is 4.78. The van der Waals surface area contributed by atoms with Gasteiger partial charge in [-0.25, -0.2) is 8.42 Å². The van der Waals surface area contributed by atoms with Crippen LogP contribution in [0.5, 0.6) is 0 Å². The van der Waals surface area contributed by atoms with Crippen LogP contribution in [0.25, 0.3) is 0 Å². The van der Waals surface area contributed by atoms with Gasteiger partial charge in [0.15, 0.2) is 9.84 Å². The standard InChI is InChI=1S/C6H9N3O2S/c7-1-2-8-9-3-5-12(10,11)6-4-9/h2H,3-6H2. The van der Waals surface area contributed by atoms with Crippen LogP contribution in [0.15, 0.2) is 5.10 Å². The SMILES string of the molecule is N#CC=NN1CCS(=O)(=O)CC1. The summed E-state index contributed by atoms with van der Waals surface area (Å²) in [6, 6.07) is 1.75. The zero-order valence-electron chi connectivity index (χ0n) is 6.47. The molecule has 0 unspecified atom stereocenters. The molecule has 0 spiro atoms. The van der Waals surface area contributed by atoms with Gasteiger partial charge in [-0.1, -0.05) is 0 Å². The first-order valence-corrected chi connectivity index (χ1v) is 5.33. The molecule has 1 fully saturated rings. The molecule has 0 bridgehead atoms. The third-order valence-corrected chi connectivity index (χ3v) is 3.21. The van der Waals surface area contributed by atoms with Crippen LogP contribution in [-0.2, 0) is 9.84 Å². The maximum atomic E-state index is 10.9. The van der Waals surface area contributed by atoms with E-state index in [0.717, 1.165) is 6.21 Å². The molecule has 1 aliphatic heterocycles. The maximum Gasteiger partial charge on any atom is 0.153 e. The molecule has 0 atom stereocenters. The predicted molar refractivity (Wildman–Crippen MR) is 44.3 cm³/mol. The highest BCUT2D eigenvalue weighted by Crippen LogP contribution is 2.02. The summed E-state index contributed by atoms with van der Waals surface area (Å²) in [4.78, 5) is 0. The van der Waals surface area contributed by atoms with E-state index in [-0.39, 0.29) is 11.5 Å². The molecule has 0 saturated carbocycles. The molecule has 0 aliphatic carbocycles. The summed E-state index contributed by atoms with van der Waals surface area (Å²) >= 11 is 0. The maximum absolute atomic E-state index is 10.9. The zero-order valence-corrected chi connectivity index (χ0v) is 7.29. The number of sulfone groups is 1. The van der Waals surface area contributed by atoms with Crippen LogP contribution < -0.4 is 0 Å². The molecular weight excluding hydrogens is 178 g/mol. The van der Waals surface area contributed by atoms with Crippen molar-refractivity contribution in [1.29, 1.82) is 5.26 Å². The fraction of sp³-hybridized carbons (Fsp3) is 0.667. The zero-order chi connectivity index (χ0) is 9.03. The summed E-state index contributed by atoms with van der Waals surface area (Å²) in [5.74, 6) is 0.269. The van der Waals surface area contributed by atoms with Gasteiger partial charge in [0.1, 0.15) is 12.3 Å². The van der Waals surface area contributed by atoms with Gasteiger partial charge in [0.25, 0.3) is 0 Å². The summed E-state index contributed by atoms with van der Waals surface area (Å²) in [5.41, 5.74) is 0. The fourth-order valence-electron chi connectivity index (χ4n) is 0.926. The van der Waals surface area contributed by atoms with Crippen LogP contribution in [0.1, 0.15) is 0 Å². The van der Waals surface area contributed by atoms with Crippen molar-refractivity contribution < 1.29 is 8.42 Å². The summed E-state index contributed by atoms with van der Waals surface area (Å²) in [7, 11) is -2.84. The minimum Gasteiger partial charge on any atom is -0.294 e. The van der Waals surface area contributed by atoms with E-state index < -0.39 is 9.84 Å². The number of nitriles is 1. The molecule has 0 N–H and O–H groups in total. The molecule has 1 rings (SSSR count). The van der Waals surface area contributed by atoms with Gasteiger partial charge in [0.2, 0.25) is 0 Å². The molecule has 1 saturated heterocycles. The Hall–Kier alpha value is -1.09. The monoisotopic (exact) mass is 187 g/mol. The van der Waals surface area contributed by atoms with E-state index in [0.29, 0.717) is 13.1 Å². The predicted octanol–water partition coefficient (Wildman–Crippen LogP) is -0.774. The van der Waals surface area contributed by atoms with Crippen LogP contribution >= 0.6 is 0 Å². The smallest absolute Gasteiger partial charge is 0.153 e. The Morgan fingerprint density at radius 3 is 2.50 bits per heavy atom. The topological polar surface area (TPSA) is 73.5 Å². The van der Waals surface area contributed by atoms with Gasteiger partial charge in [0.05, 0.1) is 24.6 Å². The first-order valence-electron chi connectivity index (χ1n) is 3.51. The molecule has 0 aromatic rings. The molecule has 66 valence electrons. The highest BCUT2D eigenvalue weighted by atomic mass is 32.2. The summed E-state index contributed by atoms with van der Waals surface area (Å²) in [5, 5.41) is 13.5. The lowest BCUT2D eigenvalue weighted by molar-refractivity contribution is 0.314. The minimum atomic E-state index is -2.84. The molecule has 6 heteroatoms. The molecule has 0 amide bonds. The van der Waals surface area contributed by atoms with Gasteiger partial charge in [0, 0.05) is 0 Å². The molecule has 12 heavy (non-hydrogen) atoms. The van der Waals surface area contributed by atoms with E-state index in [2.05, 4.69) is 5.10 Å². The van der Waals surface area contributed by atoms with E-state index in [1.54, 1.807) is 11.1 Å². The van der Waals surface area contributed by atoms with Gasteiger partial charge in [-0.05, 0) is 0 Å². The number of hydrogen-bond donors (Lipinski definition) is 0. The van der Waals surface area contributed by atoms with Crippen molar-refractivity contribution in [3.8, 4) is 6.07 Å². The first kappa shape index (κ1) is 9.00. The molecule has 5 nitrogen and oxygen atoms in total. The molecule has 0 radical (unpaired) electrons. The van der Waals surface area contributed by atoms with Gasteiger partial charge in [-0.2, -0.15) is 10.4 Å². The van der Waals surface area contributed by atoms with Crippen LogP contribution in [0.4, 0.5) is 0 Å². The number of nitrogens with zero attached hydrogens (tertiary/aromatic N) is 3. The Morgan fingerprint density at radius 1 is 1.42 bits per heavy atom. The van der Waals surface area contributed by atoms with Crippen LogP contribution in [-0.4, -0.2) is 44.2 Å². The van der Waals surface area contributed by atoms with Crippen molar-refractivity contribution in [3.63, 3.8) is 0 Å². The molecule has 0 aromatic carbocycles. The summed E-state index contributed by atoms with van der Waals surface area (Å²) in [6.07, 6.45) is 1.11. The van der Waals surface area contributed by atoms with E-state index in [1.165, 1.54) is 0 Å². The Balaban J connectivity index is 2.48. The minimum absolute atomic E-state index is 0.135. The lowest BCUT2D eigenvalue weighted by Crippen LogP contribution is -2.36. The van der Waals surface area contributed by atoms with Crippen LogP contribution in [0.2, 0.25) is 0 Å². The number of hydrazone groups is 1. The normalized spacial score (nSPS) is 22.4. The lowest BCUT2D eigenvalue weighted by Gasteiger charge is -2.22. The third-order valence-electron chi connectivity index (χ3n) is 1.60. The van der Waals surface area contributed by atoms with Crippen LogP contribution in [0.3, 0.4) is 0 Å². The van der Waals surface area contributed by atoms with Gasteiger partial charge in [-0.15, -0.1) is 0 Å². The highest BCUT2D eigenvalue weighted by molar-refractivity contribution is 7.91. The second-order valence-electron chi connectivity index (χ2n) is 2.48. The number of hydrogen-bond acceptors (Lipinski definition) is 5. The van der Waals surface area contributed by atoms with Crippen molar-refractivity contribution in [2.24, 2.45) is 5.10 Å². The largest absolute Gasteiger partial charge is 0.294 e. The third kappa shape index (κ3) is 2.51. The second kappa shape index (κ2) is 3.54. The number of rotatable bonds is 1. The van der Waals surface area contributed by atoms with E-state index in [1.807, 2.05) is 0 Å². The highest BCUT2D eigenvalue weighted by Gasteiger charge is 2.19. The molecular formula is C6H9N3O2S. The Morgan fingerprint density at radius 2 is 2.00 bits per heavy atom. The average Bonchev–Trinajstić information content (AvgIpc) is 2.03. The Bertz CT molecular complexity index is 300. The summed E-state index contributed by atoms with van der Waals surface area (Å²) in [6.45, 7) is 0.779. The summed E-state index contributed by atoms with van der Waals surface area (Å²) < 4.78 is 21.9. The molecule has 0 aromatic heterocycles. The van der Waals surface area contributed by atoms with Gasteiger partial charge < -0.3 is 0 Å². The van der Waals surface area contributed by atoms with Crippen molar-refractivity contribution in [2.75, 3.05) is 24.6 Å². The van der Waals surface area contributed by atoms with Crippen molar-refractivity contribution in [2.45, 2.75) is 0 Å². The Kier molecular flexibility index (Phi) is 2.65. The Labute approximate surface area is 71.2 Å². The van der Waals surface area contributed by atoms with Gasteiger partial charge in [-0.3, -0.25) is 5.01 Å². The van der Waals surface area contributed by atoms with Gasteiger partial charge >= 0.3 is 0 Å². The average molecular weight is 187 g/mol. The molecule has 1 heterocycles. The van der Waals surface area contributed by atoms with Crippen molar-refractivity contribution >= 4 is 16.1 Å². The van der Waals surface area contributed by atoms with E-state index >= 15 is 0 Å². The molecule has 1 aliphatic rings. The quantitative estimate of drug-likeness (QED) is 0.505. The van der Waals surface area contributed by atoms with E-state index in [9.17, 15) is 8.42 Å².